The Morgan fingerprint density at radius 1 is 1.33 bits per heavy atom. The number of benzene rings is 1. The molecule has 1 atom stereocenters. The second-order valence-electron chi connectivity index (χ2n) is 9.01. The maximum atomic E-state index is 12.0. The SMILES string of the molecule is Cc1ccc(-c2ncc(OCC(=O)O)c(N3CCC(CNC(=O)OC(C)(C)C)C3)n2)cc1Cl. The van der Waals surface area contributed by atoms with E-state index in [1.807, 2.05) is 44.7 Å². The summed E-state index contributed by atoms with van der Waals surface area (Å²) in [5, 5.41) is 12.4. The molecular formula is C23H29ClN4O5. The first-order chi connectivity index (χ1) is 15.5. The number of alkyl carbamates (subject to hydrolysis) is 1. The van der Waals surface area contributed by atoms with Crippen LogP contribution in [0.3, 0.4) is 0 Å². The van der Waals surface area contributed by atoms with Crippen LogP contribution < -0.4 is 15.0 Å². The number of aliphatic carboxylic acids is 1. The van der Waals surface area contributed by atoms with Gasteiger partial charge in [0.05, 0.1) is 6.20 Å². The largest absolute Gasteiger partial charge is 0.479 e. The molecule has 1 saturated heterocycles. The number of nitrogens with zero attached hydrogens (tertiary/aromatic N) is 3. The molecule has 1 aromatic carbocycles. The van der Waals surface area contributed by atoms with Crippen molar-refractivity contribution in [3.8, 4) is 17.1 Å². The highest BCUT2D eigenvalue weighted by atomic mass is 35.5. The van der Waals surface area contributed by atoms with Gasteiger partial charge in [0.25, 0.3) is 0 Å². The lowest BCUT2D eigenvalue weighted by Gasteiger charge is -2.22. The van der Waals surface area contributed by atoms with E-state index >= 15 is 0 Å². The van der Waals surface area contributed by atoms with Crippen LogP contribution in [0.5, 0.6) is 5.75 Å². The zero-order valence-corrected chi connectivity index (χ0v) is 20.0. The number of aryl methyl sites for hydroxylation is 1. The van der Waals surface area contributed by atoms with Crippen LogP contribution in [-0.2, 0) is 9.53 Å². The molecule has 9 nitrogen and oxygen atoms in total. The molecule has 2 N–H and O–H groups in total. The highest BCUT2D eigenvalue weighted by Gasteiger charge is 2.28. The van der Waals surface area contributed by atoms with Gasteiger partial charge < -0.3 is 24.8 Å². The molecule has 1 amide bonds. The summed E-state index contributed by atoms with van der Waals surface area (Å²) in [7, 11) is 0. The van der Waals surface area contributed by atoms with Gasteiger partial charge in [0.15, 0.2) is 24.0 Å². The standard InChI is InChI=1S/C23H29ClN4O5/c1-14-5-6-16(9-17(14)24)20-25-11-18(32-13-19(29)30)21(27-20)28-8-7-15(12-28)10-26-22(31)33-23(2,3)4/h5-6,9,11,15H,7-8,10,12-13H2,1-4H3,(H,26,31)(H,29,30). The van der Waals surface area contributed by atoms with Crippen LogP contribution in [0, 0.1) is 12.8 Å². The highest BCUT2D eigenvalue weighted by Crippen LogP contribution is 2.33. The molecule has 1 unspecified atom stereocenters. The first-order valence-electron chi connectivity index (χ1n) is 10.7. The minimum absolute atomic E-state index is 0.178. The molecule has 3 rings (SSSR count). The summed E-state index contributed by atoms with van der Waals surface area (Å²) in [6, 6.07) is 5.57. The second-order valence-corrected chi connectivity index (χ2v) is 9.42. The summed E-state index contributed by atoms with van der Waals surface area (Å²) in [5.74, 6) is 0.357. The topological polar surface area (TPSA) is 114 Å². The van der Waals surface area contributed by atoms with Crippen molar-refractivity contribution in [2.45, 2.75) is 39.7 Å². The summed E-state index contributed by atoms with van der Waals surface area (Å²) in [6.45, 7) is 8.62. The first kappa shape index (κ1) is 24.6. The van der Waals surface area contributed by atoms with Crippen molar-refractivity contribution in [3.63, 3.8) is 0 Å². The van der Waals surface area contributed by atoms with Gasteiger partial charge in [-0.3, -0.25) is 0 Å². The van der Waals surface area contributed by atoms with E-state index in [-0.39, 0.29) is 5.92 Å². The van der Waals surface area contributed by atoms with E-state index in [4.69, 9.17) is 26.2 Å². The Balaban J connectivity index is 1.77. The van der Waals surface area contributed by atoms with Crippen molar-refractivity contribution in [1.29, 1.82) is 0 Å². The zero-order valence-electron chi connectivity index (χ0n) is 19.2. The predicted molar refractivity (Wildman–Crippen MR) is 125 cm³/mol. The fraction of sp³-hybridized carbons (Fsp3) is 0.478. The number of carbonyl (C=O) groups excluding carboxylic acids is 1. The average Bonchev–Trinajstić information content (AvgIpc) is 3.20. The first-order valence-corrected chi connectivity index (χ1v) is 11.1. The molecule has 10 heteroatoms. The van der Waals surface area contributed by atoms with Gasteiger partial charge in [-0.2, -0.15) is 0 Å². The number of hydrogen-bond acceptors (Lipinski definition) is 7. The summed E-state index contributed by atoms with van der Waals surface area (Å²) < 4.78 is 10.7. The van der Waals surface area contributed by atoms with Gasteiger partial charge in [-0.05, 0) is 51.7 Å². The quantitative estimate of drug-likeness (QED) is 0.618. The van der Waals surface area contributed by atoms with Crippen LogP contribution in [0.2, 0.25) is 5.02 Å². The van der Waals surface area contributed by atoms with Crippen LogP contribution in [0.15, 0.2) is 24.4 Å². The molecule has 0 bridgehead atoms. The second kappa shape index (κ2) is 10.2. The van der Waals surface area contributed by atoms with E-state index in [2.05, 4.69) is 15.3 Å². The molecule has 1 aromatic heterocycles. The van der Waals surface area contributed by atoms with Crippen LogP contribution >= 0.6 is 11.6 Å². The minimum Gasteiger partial charge on any atom is -0.479 e. The minimum atomic E-state index is -1.09. The summed E-state index contributed by atoms with van der Waals surface area (Å²) in [5.41, 5.74) is 1.14. The molecule has 0 saturated carbocycles. The van der Waals surface area contributed by atoms with Gasteiger partial charge >= 0.3 is 12.1 Å². The van der Waals surface area contributed by atoms with E-state index < -0.39 is 24.3 Å². The number of ether oxygens (including phenoxy) is 2. The van der Waals surface area contributed by atoms with Crippen molar-refractivity contribution < 1.29 is 24.2 Å². The van der Waals surface area contributed by atoms with Gasteiger partial charge in [-0.25, -0.2) is 19.6 Å². The average molecular weight is 477 g/mol. The Morgan fingerprint density at radius 3 is 2.76 bits per heavy atom. The smallest absolute Gasteiger partial charge is 0.407 e. The lowest BCUT2D eigenvalue weighted by atomic mass is 10.1. The van der Waals surface area contributed by atoms with Gasteiger partial charge in [0.1, 0.15) is 5.60 Å². The maximum absolute atomic E-state index is 12.0. The summed E-state index contributed by atoms with van der Waals surface area (Å²) >= 11 is 6.27. The maximum Gasteiger partial charge on any atom is 0.407 e. The monoisotopic (exact) mass is 476 g/mol. The molecule has 0 spiro atoms. The van der Waals surface area contributed by atoms with Crippen LogP contribution in [0.25, 0.3) is 11.4 Å². The molecule has 178 valence electrons. The van der Waals surface area contributed by atoms with Crippen molar-refractivity contribution in [2.75, 3.05) is 31.1 Å². The van der Waals surface area contributed by atoms with E-state index in [1.165, 1.54) is 6.20 Å². The molecular weight excluding hydrogens is 448 g/mol. The van der Waals surface area contributed by atoms with Gasteiger partial charge in [-0.15, -0.1) is 0 Å². The van der Waals surface area contributed by atoms with Crippen molar-refractivity contribution in [3.05, 3.63) is 35.0 Å². The van der Waals surface area contributed by atoms with E-state index in [9.17, 15) is 9.59 Å². The number of carboxylic acid groups (broad SMARTS) is 1. The van der Waals surface area contributed by atoms with Crippen LogP contribution in [0.1, 0.15) is 32.8 Å². The Hall–Kier alpha value is -3.07. The number of halogens is 1. The summed E-state index contributed by atoms with van der Waals surface area (Å²) in [4.78, 5) is 34.0. The van der Waals surface area contributed by atoms with Crippen molar-refractivity contribution >= 4 is 29.5 Å². The Morgan fingerprint density at radius 2 is 2.09 bits per heavy atom. The molecule has 2 aromatic rings. The Labute approximate surface area is 198 Å². The van der Waals surface area contributed by atoms with Crippen LogP contribution in [0.4, 0.5) is 10.6 Å². The molecule has 1 fully saturated rings. The number of amides is 1. The molecule has 0 radical (unpaired) electrons. The lowest BCUT2D eigenvalue weighted by Crippen LogP contribution is -2.36. The van der Waals surface area contributed by atoms with Gasteiger partial charge in [0.2, 0.25) is 0 Å². The number of hydrogen-bond donors (Lipinski definition) is 2. The molecule has 1 aliphatic heterocycles. The number of nitrogens with one attached hydrogen (secondary N) is 1. The third kappa shape index (κ3) is 6.95. The fourth-order valence-electron chi connectivity index (χ4n) is 3.43. The van der Waals surface area contributed by atoms with Crippen LogP contribution in [-0.4, -0.2) is 59.0 Å². The van der Waals surface area contributed by atoms with Gasteiger partial charge in [-0.1, -0.05) is 23.7 Å². The number of rotatable bonds is 7. The Bertz CT molecular complexity index is 1020. The van der Waals surface area contributed by atoms with Crippen molar-refractivity contribution in [1.82, 2.24) is 15.3 Å². The van der Waals surface area contributed by atoms with E-state index in [1.54, 1.807) is 6.07 Å². The number of aromatic nitrogens is 2. The zero-order chi connectivity index (χ0) is 24.2. The summed E-state index contributed by atoms with van der Waals surface area (Å²) in [6.07, 6.45) is 1.86. The molecule has 0 aliphatic carbocycles. The molecule has 33 heavy (non-hydrogen) atoms. The third-order valence-electron chi connectivity index (χ3n) is 5.04. The Kier molecular flexibility index (Phi) is 7.63. The van der Waals surface area contributed by atoms with Crippen molar-refractivity contribution in [2.24, 2.45) is 5.92 Å². The normalized spacial score (nSPS) is 15.9. The van der Waals surface area contributed by atoms with Gasteiger partial charge in [0, 0.05) is 30.2 Å². The third-order valence-corrected chi connectivity index (χ3v) is 5.44. The molecule has 2 heterocycles. The number of carbonyl (C=O) groups is 2. The fourth-order valence-corrected chi connectivity index (χ4v) is 3.61. The van der Waals surface area contributed by atoms with E-state index in [0.29, 0.717) is 42.0 Å². The van der Waals surface area contributed by atoms with E-state index in [0.717, 1.165) is 17.5 Å². The lowest BCUT2D eigenvalue weighted by molar-refractivity contribution is -0.139. The number of carboxylic acids is 1. The highest BCUT2D eigenvalue weighted by molar-refractivity contribution is 6.31. The predicted octanol–water partition coefficient (Wildman–Crippen LogP) is 3.92. The molecule has 1 aliphatic rings. The number of anilines is 1.